The molecule has 0 unspecified atom stereocenters. The Hall–Kier alpha value is -2.89. The van der Waals surface area contributed by atoms with Crippen LogP contribution in [-0.4, -0.2) is 17.2 Å². The number of rotatable bonds is 6. The summed E-state index contributed by atoms with van der Waals surface area (Å²) in [5.41, 5.74) is -0.207. The number of nitrogens with one attached hydrogen (secondary N) is 1. The summed E-state index contributed by atoms with van der Waals surface area (Å²) in [4.78, 5) is 23.7. The van der Waals surface area contributed by atoms with E-state index in [9.17, 15) is 19.1 Å². The van der Waals surface area contributed by atoms with Crippen LogP contribution in [0.5, 0.6) is 0 Å². The summed E-state index contributed by atoms with van der Waals surface area (Å²) >= 11 is 0. The maximum Gasteiger partial charge on any atom is 0.407 e. The molecule has 2 N–H and O–H groups in total. The molecule has 0 bridgehead atoms. The molecule has 1 amide bonds. The molecule has 0 radical (unpaired) electrons. The van der Waals surface area contributed by atoms with Gasteiger partial charge < -0.3 is 15.2 Å². The number of carbonyl (C=O) groups is 2. The number of benzene rings is 2. The molecule has 0 aliphatic heterocycles. The number of amides is 1. The Morgan fingerprint density at radius 2 is 1.84 bits per heavy atom. The molecule has 1 atom stereocenters. The molecular weight excluding hydrogens is 325 g/mol. The van der Waals surface area contributed by atoms with Crippen LogP contribution in [0.4, 0.5) is 9.18 Å². The van der Waals surface area contributed by atoms with E-state index in [4.69, 9.17) is 4.74 Å². The van der Waals surface area contributed by atoms with E-state index in [0.29, 0.717) is 5.56 Å². The van der Waals surface area contributed by atoms with Gasteiger partial charge in [-0.1, -0.05) is 42.5 Å². The smallest absolute Gasteiger partial charge is 0.407 e. The van der Waals surface area contributed by atoms with Gasteiger partial charge >= 0.3 is 12.1 Å². The maximum absolute atomic E-state index is 13.5. The quantitative estimate of drug-likeness (QED) is 0.832. The average Bonchev–Trinajstić information content (AvgIpc) is 2.58. The first-order valence-corrected chi connectivity index (χ1v) is 7.77. The van der Waals surface area contributed by atoms with Gasteiger partial charge in [0.25, 0.3) is 0 Å². The first-order valence-electron chi connectivity index (χ1n) is 7.77. The van der Waals surface area contributed by atoms with Gasteiger partial charge in [0.05, 0.1) is 11.5 Å². The standard InChI is InChI=1S/C19H20FNO4/c1-19(2,17(22)23)16(14-9-6-10-15(20)11-14)21-18(24)25-12-13-7-4-3-5-8-13/h3-11,16H,12H2,1-2H3,(H,21,24)(H,22,23)/t16-/m1/s1. The van der Waals surface area contributed by atoms with Crippen LogP contribution < -0.4 is 5.32 Å². The summed E-state index contributed by atoms with van der Waals surface area (Å²) in [5, 5.41) is 12.0. The second-order valence-electron chi connectivity index (χ2n) is 6.22. The molecule has 0 aliphatic carbocycles. The van der Waals surface area contributed by atoms with E-state index in [1.165, 1.54) is 32.0 Å². The van der Waals surface area contributed by atoms with Crippen molar-refractivity contribution in [3.05, 3.63) is 71.5 Å². The van der Waals surface area contributed by atoms with Crippen molar-refractivity contribution in [2.45, 2.75) is 26.5 Å². The number of carbonyl (C=O) groups excluding carboxylic acids is 1. The van der Waals surface area contributed by atoms with Gasteiger partial charge in [-0.05, 0) is 37.1 Å². The summed E-state index contributed by atoms with van der Waals surface area (Å²) < 4.78 is 18.7. The molecule has 6 heteroatoms. The lowest BCUT2D eigenvalue weighted by molar-refractivity contribution is -0.148. The first kappa shape index (κ1) is 18.4. The van der Waals surface area contributed by atoms with E-state index in [1.807, 2.05) is 18.2 Å². The van der Waals surface area contributed by atoms with Gasteiger partial charge in [-0.3, -0.25) is 4.79 Å². The third kappa shape index (κ3) is 4.79. The minimum atomic E-state index is -1.36. The molecular formula is C19H20FNO4. The van der Waals surface area contributed by atoms with Crippen molar-refractivity contribution in [3.8, 4) is 0 Å². The van der Waals surface area contributed by atoms with E-state index >= 15 is 0 Å². The Balaban J connectivity index is 2.15. The fourth-order valence-electron chi connectivity index (χ4n) is 2.37. The Bertz CT molecular complexity index is 746. The van der Waals surface area contributed by atoms with Gasteiger partial charge in [-0.2, -0.15) is 0 Å². The Labute approximate surface area is 145 Å². The summed E-state index contributed by atoms with van der Waals surface area (Å²) in [5.74, 6) is -1.63. The Morgan fingerprint density at radius 1 is 1.16 bits per heavy atom. The molecule has 0 spiro atoms. The number of aliphatic carboxylic acids is 1. The minimum absolute atomic E-state index is 0.0516. The van der Waals surface area contributed by atoms with Gasteiger partial charge in [0, 0.05) is 0 Å². The number of hydrogen-bond acceptors (Lipinski definition) is 3. The predicted octanol–water partition coefficient (Wildman–Crippen LogP) is 3.90. The fraction of sp³-hybridized carbons (Fsp3) is 0.263. The highest BCUT2D eigenvalue weighted by molar-refractivity contribution is 5.77. The van der Waals surface area contributed by atoms with E-state index in [1.54, 1.807) is 18.2 Å². The second kappa shape index (κ2) is 7.79. The van der Waals surface area contributed by atoms with Crippen molar-refractivity contribution < 1.29 is 23.8 Å². The molecule has 0 heterocycles. The summed E-state index contributed by atoms with van der Waals surface area (Å²) in [6, 6.07) is 13.6. The highest BCUT2D eigenvalue weighted by Gasteiger charge is 2.39. The average molecular weight is 345 g/mol. The largest absolute Gasteiger partial charge is 0.481 e. The van der Waals surface area contributed by atoms with Gasteiger partial charge in [-0.15, -0.1) is 0 Å². The molecule has 5 nitrogen and oxygen atoms in total. The highest BCUT2D eigenvalue weighted by Crippen LogP contribution is 2.34. The Kier molecular flexibility index (Phi) is 5.75. The van der Waals surface area contributed by atoms with E-state index in [0.717, 1.165) is 5.56 Å². The van der Waals surface area contributed by atoms with Crippen molar-refractivity contribution in [1.82, 2.24) is 5.32 Å². The van der Waals surface area contributed by atoms with Crippen LogP contribution >= 0.6 is 0 Å². The van der Waals surface area contributed by atoms with Crippen molar-refractivity contribution in [3.63, 3.8) is 0 Å². The number of hydrogen-bond donors (Lipinski definition) is 2. The van der Waals surface area contributed by atoms with Crippen LogP contribution in [0.2, 0.25) is 0 Å². The molecule has 25 heavy (non-hydrogen) atoms. The van der Waals surface area contributed by atoms with Crippen LogP contribution in [0.25, 0.3) is 0 Å². The van der Waals surface area contributed by atoms with E-state index in [-0.39, 0.29) is 6.61 Å². The third-order valence-corrected chi connectivity index (χ3v) is 3.93. The molecule has 2 aromatic carbocycles. The van der Waals surface area contributed by atoms with E-state index < -0.39 is 29.3 Å². The van der Waals surface area contributed by atoms with Crippen molar-refractivity contribution in [2.24, 2.45) is 5.41 Å². The monoisotopic (exact) mass is 345 g/mol. The zero-order chi connectivity index (χ0) is 18.4. The lowest BCUT2D eigenvalue weighted by Gasteiger charge is -2.31. The third-order valence-electron chi connectivity index (χ3n) is 3.93. The fourth-order valence-corrected chi connectivity index (χ4v) is 2.37. The zero-order valence-corrected chi connectivity index (χ0v) is 14.0. The summed E-state index contributed by atoms with van der Waals surface area (Å²) in [7, 11) is 0. The van der Waals surface area contributed by atoms with Crippen molar-refractivity contribution >= 4 is 12.1 Å². The van der Waals surface area contributed by atoms with Crippen molar-refractivity contribution in [1.29, 1.82) is 0 Å². The number of carboxylic acids is 1. The van der Waals surface area contributed by atoms with E-state index in [2.05, 4.69) is 5.32 Å². The van der Waals surface area contributed by atoms with Crippen LogP contribution in [0, 0.1) is 11.2 Å². The molecule has 0 aliphatic rings. The van der Waals surface area contributed by atoms with Crippen LogP contribution in [-0.2, 0) is 16.1 Å². The zero-order valence-electron chi connectivity index (χ0n) is 14.0. The lowest BCUT2D eigenvalue weighted by atomic mass is 9.80. The highest BCUT2D eigenvalue weighted by atomic mass is 19.1. The molecule has 132 valence electrons. The number of halogens is 1. The van der Waals surface area contributed by atoms with Crippen LogP contribution in [0.1, 0.15) is 31.0 Å². The normalized spacial score (nSPS) is 12.3. The first-order chi connectivity index (χ1) is 11.8. The summed E-state index contributed by atoms with van der Waals surface area (Å²) in [6.07, 6.45) is -0.771. The maximum atomic E-state index is 13.5. The molecule has 0 saturated carbocycles. The number of ether oxygens (including phenoxy) is 1. The molecule has 2 rings (SSSR count). The van der Waals surface area contributed by atoms with Gasteiger partial charge in [0.2, 0.25) is 0 Å². The van der Waals surface area contributed by atoms with Gasteiger partial charge in [0.15, 0.2) is 0 Å². The van der Waals surface area contributed by atoms with Crippen molar-refractivity contribution in [2.75, 3.05) is 0 Å². The predicted molar refractivity (Wildman–Crippen MR) is 90.3 cm³/mol. The van der Waals surface area contributed by atoms with Gasteiger partial charge in [-0.25, -0.2) is 9.18 Å². The lowest BCUT2D eigenvalue weighted by Crippen LogP contribution is -2.42. The van der Waals surface area contributed by atoms with Crippen LogP contribution in [0.3, 0.4) is 0 Å². The number of carboxylic acid groups (broad SMARTS) is 1. The molecule has 0 saturated heterocycles. The summed E-state index contributed by atoms with van der Waals surface area (Å²) in [6.45, 7) is 2.97. The SMILES string of the molecule is CC(C)(C(=O)O)[C@H](NC(=O)OCc1ccccc1)c1cccc(F)c1. The molecule has 0 fully saturated rings. The van der Waals surface area contributed by atoms with Gasteiger partial charge in [0.1, 0.15) is 12.4 Å². The minimum Gasteiger partial charge on any atom is -0.481 e. The topological polar surface area (TPSA) is 75.6 Å². The molecule has 0 aromatic heterocycles. The molecule has 2 aromatic rings. The Morgan fingerprint density at radius 3 is 2.44 bits per heavy atom. The number of alkyl carbamates (subject to hydrolysis) is 1. The second-order valence-corrected chi connectivity index (χ2v) is 6.22. The van der Waals surface area contributed by atoms with Crippen LogP contribution in [0.15, 0.2) is 54.6 Å².